The van der Waals surface area contributed by atoms with E-state index in [0.717, 1.165) is 6.07 Å². The van der Waals surface area contributed by atoms with Crippen LogP contribution in [-0.2, 0) is 0 Å². The zero-order valence-corrected chi connectivity index (χ0v) is 6.35. The average molecular weight is 169 g/mol. The molecule has 0 unspecified atom stereocenters. The number of hydrogen-bond acceptors (Lipinski definition) is 4. The number of phenolic OH excluding ortho intramolecular Hbond substituents is 1. The zero-order valence-electron chi connectivity index (χ0n) is 6.35. The van der Waals surface area contributed by atoms with Crippen LogP contribution in [0.25, 0.3) is 0 Å². The van der Waals surface area contributed by atoms with Gasteiger partial charge in [0, 0.05) is 0 Å². The predicted octanol–water partition coefficient (Wildman–Crippen LogP) is 1.31. The fourth-order valence-corrected chi connectivity index (χ4v) is 0.821. The Morgan fingerprint density at radius 3 is 2.75 bits per heavy atom. The molecule has 5 nitrogen and oxygen atoms in total. The number of rotatable bonds is 2. The molecule has 5 heteroatoms. The van der Waals surface area contributed by atoms with Gasteiger partial charge in [0.1, 0.15) is 5.75 Å². The molecule has 0 spiro atoms. The van der Waals surface area contributed by atoms with E-state index in [1.807, 2.05) is 0 Å². The van der Waals surface area contributed by atoms with E-state index in [2.05, 4.69) is 0 Å². The number of ether oxygens (including phenoxy) is 1. The van der Waals surface area contributed by atoms with Crippen molar-refractivity contribution in [2.24, 2.45) is 0 Å². The van der Waals surface area contributed by atoms with Crippen molar-refractivity contribution in [3.63, 3.8) is 0 Å². The summed E-state index contributed by atoms with van der Waals surface area (Å²) in [5.74, 6) is -0.0136. The molecule has 64 valence electrons. The molecule has 1 aromatic rings. The molecular formula is C7H7NO4. The Balaban J connectivity index is 3.21. The van der Waals surface area contributed by atoms with Gasteiger partial charge in [-0.05, 0) is 12.1 Å². The Hall–Kier alpha value is -1.78. The molecule has 1 N–H and O–H groups in total. The third-order valence-corrected chi connectivity index (χ3v) is 1.36. The highest BCUT2D eigenvalue weighted by Crippen LogP contribution is 2.29. The third kappa shape index (κ3) is 1.45. The van der Waals surface area contributed by atoms with E-state index < -0.39 is 4.92 Å². The van der Waals surface area contributed by atoms with Crippen molar-refractivity contribution in [1.29, 1.82) is 0 Å². The number of methoxy groups -OCH3 is 1. The minimum Gasteiger partial charge on any atom is -0.508 e. The van der Waals surface area contributed by atoms with Gasteiger partial charge in [0.2, 0.25) is 0 Å². The molecule has 12 heavy (non-hydrogen) atoms. The van der Waals surface area contributed by atoms with Crippen molar-refractivity contribution < 1.29 is 14.8 Å². The minimum atomic E-state index is -0.613. The van der Waals surface area contributed by atoms with Gasteiger partial charge >= 0.3 is 5.69 Å². The summed E-state index contributed by atoms with van der Waals surface area (Å²) in [6, 6.07) is 3.71. The number of nitro benzene ring substituents is 1. The van der Waals surface area contributed by atoms with Crippen LogP contribution in [0.15, 0.2) is 18.2 Å². The fraction of sp³-hybridized carbons (Fsp3) is 0.143. The van der Waals surface area contributed by atoms with Crippen molar-refractivity contribution in [1.82, 2.24) is 0 Å². The smallest absolute Gasteiger partial charge is 0.314 e. The molecule has 1 rings (SSSR count). The van der Waals surface area contributed by atoms with Gasteiger partial charge in [0.25, 0.3) is 0 Å². The highest BCUT2D eigenvalue weighted by Gasteiger charge is 2.14. The van der Waals surface area contributed by atoms with Crippen molar-refractivity contribution in [2.75, 3.05) is 7.11 Å². The zero-order chi connectivity index (χ0) is 9.14. The maximum atomic E-state index is 10.3. The van der Waals surface area contributed by atoms with Crippen LogP contribution < -0.4 is 4.74 Å². The molecule has 0 heterocycles. The van der Waals surface area contributed by atoms with E-state index in [1.165, 1.54) is 19.2 Å². The van der Waals surface area contributed by atoms with E-state index in [-0.39, 0.29) is 17.2 Å². The van der Waals surface area contributed by atoms with E-state index in [1.54, 1.807) is 0 Å². The topological polar surface area (TPSA) is 72.6 Å². The Morgan fingerprint density at radius 1 is 1.58 bits per heavy atom. The van der Waals surface area contributed by atoms with Crippen LogP contribution >= 0.6 is 0 Å². The summed E-state index contributed by atoms with van der Waals surface area (Å²) in [5.41, 5.74) is -0.238. The number of nitro groups is 1. The number of hydrogen-bond donors (Lipinski definition) is 1. The molecule has 0 bridgehead atoms. The van der Waals surface area contributed by atoms with Gasteiger partial charge in [-0.25, -0.2) is 0 Å². The second-order valence-corrected chi connectivity index (χ2v) is 2.11. The van der Waals surface area contributed by atoms with Crippen molar-refractivity contribution in [3.8, 4) is 11.5 Å². The second kappa shape index (κ2) is 3.08. The summed E-state index contributed by atoms with van der Waals surface area (Å²) < 4.78 is 4.71. The fourth-order valence-electron chi connectivity index (χ4n) is 0.821. The van der Waals surface area contributed by atoms with Crippen molar-refractivity contribution in [2.45, 2.75) is 0 Å². The van der Waals surface area contributed by atoms with Gasteiger partial charge in [-0.3, -0.25) is 10.1 Å². The molecule has 0 aliphatic carbocycles. The molecule has 1 aromatic carbocycles. The summed E-state index contributed by atoms with van der Waals surface area (Å²) in [5, 5.41) is 19.3. The first kappa shape index (κ1) is 8.32. The second-order valence-electron chi connectivity index (χ2n) is 2.11. The Bertz CT molecular complexity index is 310. The summed E-state index contributed by atoms with van der Waals surface area (Å²) >= 11 is 0. The number of benzene rings is 1. The first-order valence-electron chi connectivity index (χ1n) is 3.16. The predicted molar refractivity (Wildman–Crippen MR) is 41.3 cm³/mol. The summed E-state index contributed by atoms with van der Waals surface area (Å²) in [4.78, 5) is 9.73. The van der Waals surface area contributed by atoms with E-state index in [0.29, 0.717) is 0 Å². The molecule has 0 radical (unpaired) electrons. The Morgan fingerprint density at radius 2 is 2.25 bits per heavy atom. The van der Waals surface area contributed by atoms with Crippen LogP contribution in [0.5, 0.6) is 11.5 Å². The molecule has 0 aliphatic heterocycles. The van der Waals surface area contributed by atoms with Gasteiger partial charge in [0.15, 0.2) is 5.75 Å². The summed E-state index contributed by atoms with van der Waals surface area (Å²) in [6.07, 6.45) is 0. The van der Waals surface area contributed by atoms with Crippen LogP contribution in [-0.4, -0.2) is 17.1 Å². The summed E-state index contributed by atoms with van der Waals surface area (Å²) in [7, 11) is 1.33. The lowest BCUT2D eigenvalue weighted by Crippen LogP contribution is -1.92. The molecular weight excluding hydrogens is 162 g/mol. The Kier molecular flexibility index (Phi) is 2.14. The number of aromatic hydroxyl groups is 1. The van der Waals surface area contributed by atoms with Crippen LogP contribution in [0.1, 0.15) is 0 Å². The quantitative estimate of drug-likeness (QED) is 0.535. The van der Waals surface area contributed by atoms with Gasteiger partial charge in [-0.2, -0.15) is 0 Å². The first-order valence-corrected chi connectivity index (χ1v) is 3.16. The van der Waals surface area contributed by atoms with Crippen LogP contribution in [0.4, 0.5) is 5.69 Å². The first-order chi connectivity index (χ1) is 5.65. The Labute approximate surface area is 68.4 Å². The third-order valence-electron chi connectivity index (χ3n) is 1.36. The largest absolute Gasteiger partial charge is 0.508 e. The molecule has 0 amide bonds. The maximum Gasteiger partial charge on any atom is 0.314 e. The van der Waals surface area contributed by atoms with E-state index in [9.17, 15) is 10.1 Å². The lowest BCUT2D eigenvalue weighted by molar-refractivity contribution is -0.385. The van der Waals surface area contributed by atoms with Gasteiger partial charge in [-0.15, -0.1) is 0 Å². The number of phenols is 1. The van der Waals surface area contributed by atoms with Gasteiger partial charge in [0.05, 0.1) is 18.1 Å². The van der Waals surface area contributed by atoms with Gasteiger partial charge < -0.3 is 9.84 Å². The van der Waals surface area contributed by atoms with Crippen LogP contribution in [0.3, 0.4) is 0 Å². The molecule has 0 saturated carbocycles. The van der Waals surface area contributed by atoms with E-state index >= 15 is 0 Å². The van der Waals surface area contributed by atoms with Crippen molar-refractivity contribution >= 4 is 5.69 Å². The molecule has 0 aromatic heterocycles. The van der Waals surface area contributed by atoms with Crippen LogP contribution in [0.2, 0.25) is 0 Å². The highest BCUT2D eigenvalue weighted by atomic mass is 16.6. The molecule has 0 atom stereocenters. The molecule has 0 aliphatic rings. The van der Waals surface area contributed by atoms with Crippen molar-refractivity contribution in [3.05, 3.63) is 28.3 Å². The maximum absolute atomic E-state index is 10.3. The lowest BCUT2D eigenvalue weighted by atomic mass is 10.3. The normalized spacial score (nSPS) is 9.42. The minimum absolute atomic E-state index is 0.137. The highest BCUT2D eigenvalue weighted by molar-refractivity contribution is 5.50. The average Bonchev–Trinajstić information content (AvgIpc) is 2.04. The number of nitrogens with zero attached hydrogens (tertiary/aromatic N) is 1. The SMILES string of the molecule is COc1ccc(O)cc1[N+](=O)[O-]. The van der Waals surface area contributed by atoms with E-state index in [4.69, 9.17) is 9.84 Å². The summed E-state index contributed by atoms with van der Waals surface area (Å²) in [6.45, 7) is 0. The molecule has 0 saturated heterocycles. The standard InChI is InChI=1S/C7H7NO4/c1-12-7-3-2-5(9)4-6(7)8(10)11/h2-4,9H,1H3. The monoisotopic (exact) mass is 169 g/mol. The van der Waals surface area contributed by atoms with Gasteiger partial charge in [-0.1, -0.05) is 0 Å². The lowest BCUT2D eigenvalue weighted by Gasteiger charge is -2.00. The molecule has 0 fully saturated rings. The van der Waals surface area contributed by atoms with Crippen LogP contribution in [0, 0.1) is 10.1 Å².